The fourth-order valence-electron chi connectivity index (χ4n) is 1.80. The molecule has 16 heavy (non-hydrogen) atoms. The monoisotopic (exact) mass is 248 g/mol. The summed E-state index contributed by atoms with van der Waals surface area (Å²) in [5.74, 6) is 0.0697. The van der Waals surface area contributed by atoms with Gasteiger partial charge in [0.1, 0.15) is 0 Å². The van der Waals surface area contributed by atoms with Crippen LogP contribution in [0.4, 0.5) is 0 Å². The zero-order chi connectivity index (χ0) is 12.0. The molecule has 1 aliphatic heterocycles. The Labute approximate surface area is 97.0 Å². The van der Waals surface area contributed by atoms with Gasteiger partial charge in [-0.3, -0.25) is 9.52 Å². The molecule has 1 atom stereocenters. The van der Waals surface area contributed by atoms with Gasteiger partial charge >= 0.3 is 0 Å². The van der Waals surface area contributed by atoms with Crippen LogP contribution in [-0.2, 0) is 14.8 Å². The SMILES string of the molecule is CCS(=O)(=O)NC(=O)CCC1CCCNC1. The van der Waals surface area contributed by atoms with Gasteiger partial charge in [-0.15, -0.1) is 0 Å². The second kappa shape index (κ2) is 6.20. The molecular formula is C10H20N2O3S. The molecule has 1 unspecified atom stereocenters. The van der Waals surface area contributed by atoms with E-state index in [0.717, 1.165) is 32.4 Å². The van der Waals surface area contributed by atoms with Crippen molar-refractivity contribution in [1.29, 1.82) is 0 Å². The van der Waals surface area contributed by atoms with Crippen LogP contribution >= 0.6 is 0 Å². The van der Waals surface area contributed by atoms with Crippen molar-refractivity contribution in [2.45, 2.75) is 32.6 Å². The first-order valence-electron chi connectivity index (χ1n) is 5.77. The van der Waals surface area contributed by atoms with Crippen LogP contribution in [0.5, 0.6) is 0 Å². The first-order chi connectivity index (χ1) is 7.53. The summed E-state index contributed by atoms with van der Waals surface area (Å²) < 4.78 is 24.3. The number of piperidine rings is 1. The molecule has 0 aliphatic carbocycles. The van der Waals surface area contributed by atoms with E-state index in [-0.39, 0.29) is 11.7 Å². The molecule has 0 aromatic rings. The third-order valence-corrected chi connectivity index (χ3v) is 4.13. The number of sulfonamides is 1. The van der Waals surface area contributed by atoms with Crippen LogP contribution in [0.15, 0.2) is 0 Å². The molecule has 1 aliphatic rings. The molecule has 2 N–H and O–H groups in total. The minimum absolute atomic E-state index is 0.0519. The van der Waals surface area contributed by atoms with E-state index in [1.54, 1.807) is 0 Å². The third-order valence-electron chi connectivity index (χ3n) is 2.83. The van der Waals surface area contributed by atoms with Crippen molar-refractivity contribution in [3.05, 3.63) is 0 Å². The maximum absolute atomic E-state index is 11.3. The van der Waals surface area contributed by atoms with Crippen molar-refractivity contribution in [2.24, 2.45) is 5.92 Å². The summed E-state index contributed by atoms with van der Waals surface area (Å²) in [6.07, 6.45) is 3.32. The molecule has 1 rings (SSSR count). The van der Waals surface area contributed by atoms with E-state index in [0.29, 0.717) is 12.3 Å². The van der Waals surface area contributed by atoms with Crippen molar-refractivity contribution in [3.8, 4) is 0 Å². The zero-order valence-electron chi connectivity index (χ0n) is 9.66. The summed E-state index contributed by atoms with van der Waals surface area (Å²) in [7, 11) is -3.39. The Bertz CT molecular complexity index is 321. The summed E-state index contributed by atoms with van der Waals surface area (Å²) in [5, 5.41) is 3.27. The van der Waals surface area contributed by atoms with Crippen LogP contribution in [0.25, 0.3) is 0 Å². The van der Waals surface area contributed by atoms with Gasteiger partial charge in [0.2, 0.25) is 15.9 Å². The molecule has 0 spiro atoms. The van der Waals surface area contributed by atoms with Crippen LogP contribution in [0, 0.1) is 5.92 Å². The Morgan fingerprint density at radius 2 is 2.25 bits per heavy atom. The Hall–Kier alpha value is -0.620. The summed E-state index contributed by atoms with van der Waals surface area (Å²) >= 11 is 0. The van der Waals surface area contributed by atoms with E-state index < -0.39 is 10.0 Å². The zero-order valence-corrected chi connectivity index (χ0v) is 10.5. The normalized spacial score (nSPS) is 21.7. The predicted molar refractivity (Wildman–Crippen MR) is 62.4 cm³/mol. The lowest BCUT2D eigenvalue weighted by Crippen LogP contribution is -2.34. The summed E-state index contributed by atoms with van der Waals surface area (Å²) in [4.78, 5) is 11.3. The number of rotatable bonds is 5. The van der Waals surface area contributed by atoms with Crippen molar-refractivity contribution in [2.75, 3.05) is 18.8 Å². The van der Waals surface area contributed by atoms with E-state index in [2.05, 4.69) is 10.0 Å². The minimum Gasteiger partial charge on any atom is -0.316 e. The van der Waals surface area contributed by atoms with E-state index in [9.17, 15) is 13.2 Å². The second-order valence-electron chi connectivity index (χ2n) is 4.18. The van der Waals surface area contributed by atoms with Gasteiger partial charge in [-0.25, -0.2) is 8.42 Å². The van der Waals surface area contributed by atoms with Crippen molar-refractivity contribution >= 4 is 15.9 Å². The van der Waals surface area contributed by atoms with Crippen molar-refractivity contribution in [3.63, 3.8) is 0 Å². The molecule has 0 radical (unpaired) electrons. The van der Waals surface area contributed by atoms with Gasteiger partial charge in [0.15, 0.2) is 0 Å². The Kier molecular flexibility index (Phi) is 5.21. The predicted octanol–water partition coefficient (Wildman–Crippen LogP) is 0.232. The molecule has 0 saturated carbocycles. The lowest BCUT2D eigenvalue weighted by Gasteiger charge is -2.22. The third kappa shape index (κ3) is 4.94. The van der Waals surface area contributed by atoms with Crippen LogP contribution in [-0.4, -0.2) is 33.2 Å². The molecular weight excluding hydrogens is 228 g/mol. The number of hydrogen-bond donors (Lipinski definition) is 2. The first-order valence-corrected chi connectivity index (χ1v) is 7.43. The fraction of sp³-hybridized carbons (Fsp3) is 0.900. The highest BCUT2D eigenvalue weighted by molar-refractivity contribution is 7.90. The average Bonchev–Trinajstić information content (AvgIpc) is 2.27. The van der Waals surface area contributed by atoms with Gasteiger partial charge in [0.05, 0.1) is 5.75 Å². The van der Waals surface area contributed by atoms with Crippen LogP contribution in [0.2, 0.25) is 0 Å². The van der Waals surface area contributed by atoms with Gasteiger partial charge < -0.3 is 5.32 Å². The maximum Gasteiger partial charge on any atom is 0.234 e. The molecule has 0 aromatic heterocycles. The number of carbonyl (C=O) groups is 1. The second-order valence-corrected chi connectivity index (χ2v) is 6.19. The van der Waals surface area contributed by atoms with Gasteiger partial charge in [0.25, 0.3) is 0 Å². The highest BCUT2D eigenvalue weighted by atomic mass is 32.2. The molecule has 1 amide bonds. The smallest absolute Gasteiger partial charge is 0.234 e. The number of nitrogens with one attached hydrogen (secondary N) is 2. The molecule has 1 fully saturated rings. The number of carbonyl (C=O) groups excluding carboxylic acids is 1. The van der Waals surface area contributed by atoms with Crippen molar-refractivity contribution < 1.29 is 13.2 Å². The lowest BCUT2D eigenvalue weighted by molar-refractivity contribution is -0.119. The molecule has 0 aromatic carbocycles. The standard InChI is InChI=1S/C10H20N2O3S/c1-2-16(14,15)12-10(13)6-5-9-4-3-7-11-8-9/h9,11H,2-8H2,1H3,(H,12,13). The summed E-state index contributed by atoms with van der Waals surface area (Å²) in [5.41, 5.74) is 0. The first kappa shape index (κ1) is 13.4. The lowest BCUT2D eigenvalue weighted by atomic mass is 9.95. The van der Waals surface area contributed by atoms with Gasteiger partial charge in [0, 0.05) is 6.42 Å². The van der Waals surface area contributed by atoms with E-state index in [4.69, 9.17) is 0 Å². The topological polar surface area (TPSA) is 75.3 Å². The molecule has 5 nitrogen and oxygen atoms in total. The summed E-state index contributed by atoms with van der Waals surface area (Å²) in [6, 6.07) is 0. The van der Waals surface area contributed by atoms with Gasteiger partial charge in [-0.05, 0) is 45.2 Å². The minimum atomic E-state index is -3.39. The molecule has 6 heteroatoms. The summed E-state index contributed by atoms with van der Waals surface area (Å²) in [6.45, 7) is 3.50. The van der Waals surface area contributed by atoms with Crippen LogP contribution in [0.1, 0.15) is 32.6 Å². The highest BCUT2D eigenvalue weighted by Gasteiger charge is 2.16. The molecule has 1 saturated heterocycles. The fourth-order valence-corrected chi connectivity index (χ4v) is 2.40. The van der Waals surface area contributed by atoms with E-state index >= 15 is 0 Å². The maximum atomic E-state index is 11.3. The van der Waals surface area contributed by atoms with Gasteiger partial charge in [-0.1, -0.05) is 0 Å². The van der Waals surface area contributed by atoms with Crippen LogP contribution < -0.4 is 10.0 Å². The molecule has 1 heterocycles. The Balaban J connectivity index is 2.24. The van der Waals surface area contributed by atoms with Gasteiger partial charge in [-0.2, -0.15) is 0 Å². The Morgan fingerprint density at radius 3 is 2.81 bits per heavy atom. The largest absolute Gasteiger partial charge is 0.316 e. The van der Waals surface area contributed by atoms with Crippen molar-refractivity contribution in [1.82, 2.24) is 10.0 Å². The molecule has 94 valence electrons. The van der Waals surface area contributed by atoms with E-state index in [1.807, 2.05) is 0 Å². The quantitative estimate of drug-likeness (QED) is 0.730. The van der Waals surface area contributed by atoms with E-state index in [1.165, 1.54) is 6.92 Å². The average molecular weight is 248 g/mol. The molecule has 0 bridgehead atoms. The highest BCUT2D eigenvalue weighted by Crippen LogP contribution is 2.15. The van der Waals surface area contributed by atoms with Crippen LogP contribution in [0.3, 0.4) is 0 Å². The number of amides is 1. The number of hydrogen-bond acceptors (Lipinski definition) is 4. The Morgan fingerprint density at radius 1 is 1.50 bits per heavy atom.